The topological polar surface area (TPSA) is 65.6 Å². The van der Waals surface area contributed by atoms with Crippen LogP contribution in [0, 0.1) is 17.8 Å². The van der Waals surface area contributed by atoms with Crippen molar-refractivity contribution in [3.05, 3.63) is 24.3 Å². The number of likely N-dealkylation sites (tertiary alicyclic amines) is 1. The maximum absolute atomic E-state index is 12.8. The van der Waals surface area contributed by atoms with Crippen LogP contribution in [0.25, 0.3) is 0 Å². The molecule has 0 aromatic heterocycles. The van der Waals surface area contributed by atoms with E-state index in [4.69, 9.17) is 17.0 Å². The van der Waals surface area contributed by atoms with E-state index in [2.05, 4.69) is 20.9 Å². The number of nitrogens with zero attached hydrogens (tertiary/aromatic N) is 1. The summed E-state index contributed by atoms with van der Waals surface area (Å²) in [7, 11) is 1.66. The van der Waals surface area contributed by atoms with Gasteiger partial charge in [-0.05, 0) is 93.5 Å². The first kappa shape index (κ1) is 20.9. The van der Waals surface area contributed by atoms with Crippen molar-refractivity contribution in [1.82, 2.24) is 15.5 Å². The zero-order valence-corrected chi connectivity index (χ0v) is 19.2. The number of ether oxygens (including phenoxy) is 1. The molecule has 2 amide bonds. The number of hydrogen-bond donors (Lipinski definition) is 3. The number of nitrogens with one attached hydrogen (secondary N) is 3. The molecule has 1 aromatic carbocycles. The van der Waals surface area contributed by atoms with Gasteiger partial charge in [0.05, 0.1) is 7.11 Å². The summed E-state index contributed by atoms with van der Waals surface area (Å²) in [4.78, 5) is 15.0. The molecule has 31 heavy (non-hydrogen) atoms. The Morgan fingerprint density at radius 1 is 1.10 bits per heavy atom. The van der Waals surface area contributed by atoms with Crippen molar-refractivity contribution in [3.63, 3.8) is 0 Å². The number of benzene rings is 1. The van der Waals surface area contributed by atoms with Gasteiger partial charge < -0.3 is 25.6 Å². The van der Waals surface area contributed by atoms with Gasteiger partial charge in [0.2, 0.25) is 0 Å². The minimum atomic E-state index is 0.0393. The molecule has 5 fully saturated rings. The second-order valence-electron chi connectivity index (χ2n) is 10.2. The van der Waals surface area contributed by atoms with Crippen LogP contribution < -0.4 is 20.7 Å². The lowest BCUT2D eigenvalue weighted by Crippen LogP contribution is -2.62. The van der Waals surface area contributed by atoms with Gasteiger partial charge >= 0.3 is 6.03 Å². The van der Waals surface area contributed by atoms with E-state index < -0.39 is 0 Å². The molecule has 1 aliphatic heterocycles. The molecule has 4 aliphatic carbocycles. The van der Waals surface area contributed by atoms with Crippen LogP contribution in [0.5, 0.6) is 5.75 Å². The van der Waals surface area contributed by atoms with Gasteiger partial charge in [0.15, 0.2) is 5.11 Å². The Labute approximate surface area is 190 Å². The number of carbonyl (C=O) groups is 1. The number of hydrogen-bond acceptors (Lipinski definition) is 3. The summed E-state index contributed by atoms with van der Waals surface area (Å²) in [5, 5.41) is 10.7. The first-order chi connectivity index (χ1) is 15.0. The number of methoxy groups -OCH3 is 1. The highest BCUT2D eigenvalue weighted by atomic mass is 32.1. The molecule has 5 aliphatic rings. The Kier molecular flexibility index (Phi) is 5.71. The molecule has 0 spiro atoms. The number of rotatable bonds is 4. The highest BCUT2D eigenvalue weighted by Gasteiger charge is 2.51. The van der Waals surface area contributed by atoms with Gasteiger partial charge in [-0.25, -0.2) is 4.79 Å². The summed E-state index contributed by atoms with van der Waals surface area (Å²) in [5.74, 6) is 3.33. The van der Waals surface area contributed by atoms with E-state index >= 15 is 0 Å². The lowest BCUT2D eigenvalue weighted by Gasteiger charge is -2.56. The lowest BCUT2D eigenvalue weighted by atomic mass is 9.53. The third kappa shape index (κ3) is 4.61. The quantitative estimate of drug-likeness (QED) is 0.612. The number of thiocarbonyl (C=S) groups is 1. The minimum absolute atomic E-state index is 0.0393. The average Bonchev–Trinajstić information content (AvgIpc) is 2.73. The molecule has 1 heterocycles. The summed E-state index contributed by atoms with van der Waals surface area (Å²) in [5.41, 5.74) is 1.00. The molecule has 0 radical (unpaired) electrons. The van der Waals surface area contributed by atoms with Crippen molar-refractivity contribution in [3.8, 4) is 5.75 Å². The maximum Gasteiger partial charge on any atom is 0.315 e. The van der Waals surface area contributed by atoms with Crippen LogP contribution in [0.4, 0.5) is 10.5 Å². The predicted molar refractivity (Wildman–Crippen MR) is 126 cm³/mol. The zero-order chi connectivity index (χ0) is 21.4. The van der Waals surface area contributed by atoms with Crippen LogP contribution in [0.2, 0.25) is 0 Å². The van der Waals surface area contributed by atoms with Gasteiger partial charge in [0.1, 0.15) is 5.75 Å². The van der Waals surface area contributed by atoms with E-state index in [0.717, 1.165) is 60.2 Å². The Bertz CT molecular complexity index is 801. The van der Waals surface area contributed by atoms with Crippen LogP contribution in [-0.2, 0) is 0 Å². The van der Waals surface area contributed by atoms with Crippen molar-refractivity contribution < 1.29 is 9.53 Å². The molecular weight excluding hydrogens is 408 g/mol. The molecule has 1 aromatic rings. The molecule has 1 saturated heterocycles. The Morgan fingerprint density at radius 3 is 2.35 bits per heavy atom. The van der Waals surface area contributed by atoms with Crippen LogP contribution in [0.1, 0.15) is 51.4 Å². The van der Waals surface area contributed by atoms with E-state index in [1.807, 2.05) is 24.3 Å². The standard InChI is InChI=1S/C24H34N4O2S/c1-30-21-4-2-3-20(12-21)26-23(31)28-7-5-19(6-8-28)25-22(29)27-24-13-16-9-17(14-24)11-18(10-16)15-24/h2-4,12,16-19H,5-11,13-15H2,1H3,(H,26,31)(H2,25,27,29). The number of urea groups is 1. The van der Waals surface area contributed by atoms with Crippen LogP contribution in [-0.4, -0.2) is 47.8 Å². The molecule has 0 unspecified atom stereocenters. The van der Waals surface area contributed by atoms with Gasteiger partial charge in [-0.3, -0.25) is 0 Å². The normalized spacial score (nSPS) is 31.9. The molecular formula is C24H34N4O2S. The van der Waals surface area contributed by atoms with Crippen molar-refractivity contribution >= 4 is 29.0 Å². The SMILES string of the molecule is COc1cccc(NC(=S)N2CCC(NC(=O)NC34CC5CC(CC(C5)C3)C4)CC2)c1. The van der Waals surface area contributed by atoms with Crippen LogP contribution in [0.3, 0.4) is 0 Å². The zero-order valence-electron chi connectivity index (χ0n) is 18.4. The highest BCUT2D eigenvalue weighted by Crippen LogP contribution is 2.55. The fourth-order valence-corrected chi connectivity index (χ4v) is 7.16. The van der Waals surface area contributed by atoms with E-state index in [1.165, 1.54) is 38.5 Å². The third-order valence-corrected chi connectivity index (χ3v) is 8.22. The largest absolute Gasteiger partial charge is 0.497 e. The van der Waals surface area contributed by atoms with Crippen LogP contribution in [0.15, 0.2) is 24.3 Å². The Morgan fingerprint density at radius 2 is 1.74 bits per heavy atom. The first-order valence-electron chi connectivity index (χ1n) is 11.8. The van der Waals surface area contributed by atoms with Gasteiger partial charge in [0.25, 0.3) is 0 Å². The number of amides is 2. The second kappa shape index (κ2) is 8.49. The summed E-state index contributed by atoms with van der Waals surface area (Å²) in [6.07, 6.45) is 9.57. The molecule has 4 saturated carbocycles. The Hall–Kier alpha value is -2.02. The molecule has 4 bridgehead atoms. The van der Waals surface area contributed by atoms with E-state index in [0.29, 0.717) is 0 Å². The van der Waals surface area contributed by atoms with Gasteiger partial charge in [0, 0.05) is 36.4 Å². The van der Waals surface area contributed by atoms with Gasteiger partial charge in [-0.2, -0.15) is 0 Å². The summed E-state index contributed by atoms with van der Waals surface area (Å²) < 4.78 is 5.28. The smallest absolute Gasteiger partial charge is 0.315 e. The van der Waals surface area contributed by atoms with Gasteiger partial charge in [-0.1, -0.05) is 6.07 Å². The minimum Gasteiger partial charge on any atom is -0.497 e. The average molecular weight is 443 g/mol. The lowest BCUT2D eigenvalue weighted by molar-refractivity contribution is -0.0137. The molecule has 168 valence electrons. The molecule has 3 N–H and O–H groups in total. The van der Waals surface area contributed by atoms with Crippen LogP contribution >= 0.6 is 12.2 Å². The van der Waals surface area contributed by atoms with Gasteiger partial charge in [-0.15, -0.1) is 0 Å². The summed E-state index contributed by atoms with van der Waals surface area (Å²) in [6.45, 7) is 1.69. The predicted octanol–water partition coefficient (Wildman–Crippen LogP) is 4.12. The number of carbonyl (C=O) groups excluding carboxylic acids is 1. The molecule has 6 nitrogen and oxygen atoms in total. The molecule has 6 rings (SSSR count). The van der Waals surface area contributed by atoms with Crippen molar-refractivity contribution in [2.75, 3.05) is 25.5 Å². The third-order valence-electron chi connectivity index (χ3n) is 7.86. The number of piperidine rings is 1. The van der Waals surface area contributed by atoms with E-state index in [9.17, 15) is 4.79 Å². The molecule has 7 heteroatoms. The van der Waals surface area contributed by atoms with Crippen molar-refractivity contribution in [2.24, 2.45) is 17.8 Å². The summed E-state index contributed by atoms with van der Waals surface area (Å²) >= 11 is 5.61. The van der Waals surface area contributed by atoms with E-state index in [1.54, 1.807) is 7.11 Å². The number of anilines is 1. The molecule has 0 atom stereocenters. The Balaban J connectivity index is 1.08. The highest BCUT2D eigenvalue weighted by molar-refractivity contribution is 7.80. The monoisotopic (exact) mass is 442 g/mol. The first-order valence-corrected chi connectivity index (χ1v) is 12.2. The van der Waals surface area contributed by atoms with E-state index in [-0.39, 0.29) is 17.6 Å². The maximum atomic E-state index is 12.8. The fourth-order valence-electron chi connectivity index (χ4n) is 6.86. The van der Waals surface area contributed by atoms with Crippen molar-refractivity contribution in [2.45, 2.75) is 62.9 Å². The van der Waals surface area contributed by atoms with Crippen molar-refractivity contribution in [1.29, 1.82) is 0 Å². The summed E-state index contributed by atoms with van der Waals surface area (Å²) in [6, 6.07) is 8.04. The second-order valence-corrected chi connectivity index (χ2v) is 10.6. The fraction of sp³-hybridized carbons (Fsp3) is 0.667.